The first kappa shape index (κ1) is 14.0. The normalized spacial score (nSPS) is 15.9. The third-order valence-corrected chi connectivity index (χ3v) is 3.50. The van der Waals surface area contributed by atoms with Crippen molar-refractivity contribution < 1.29 is 14.6 Å². The first-order valence-electron chi connectivity index (χ1n) is 6.96. The van der Waals surface area contributed by atoms with Gasteiger partial charge >= 0.3 is 0 Å². The summed E-state index contributed by atoms with van der Waals surface area (Å²) < 4.78 is 10.7. The van der Waals surface area contributed by atoms with E-state index >= 15 is 0 Å². The molecule has 2 N–H and O–H groups in total. The maximum absolute atomic E-state index is 8.84. The molecule has 1 unspecified atom stereocenters. The summed E-state index contributed by atoms with van der Waals surface area (Å²) in [7, 11) is 1.62. The third kappa shape index (κ3) is 3.77. The average Bonchev–Trinajstić information content (AvgIpc) is 3.27. The molecule has 1 aliphatic rings. The Morgan fingerprint density at radius 2 is 2.16 bits per heavy atom. The van der Waals surface area contributed by atoms with Gasteiger partial charge in [-0.05, 0) is 37.3 Å². The Hall–Kier alpha value is -1.42. The van der Waals surface area contributed by atoms with Gasteiger partial charge in [0.05, 0.1) is 13.7 Å². The molecule has 1 aliphatic carbocycles. The molecular weight excluding hydrogens is 242 g/mol. The highest BCUT2D eigenvalue weighted by atomic mass is 16.5. The van der Waals surface area contributed by atoms with Crippen LogP contribution in [0.4, 0.5) is 5.69 Å². The van der Waals surface area contributed by atoms with E-state index in [1.807, 2.05) is 18.2 Å². The highest BCUT2D eigenvalue weighted by molar-refractivity contribution is 5.55. The van der Waals surface area contributed by atoms with Gasteiger partial charge in [-0.1, -0.05) is 6.92 Å². The van der Waals surface area contributed by atoms with Gasteiger partial charge in [-0.3, -0.25) is 0 Å². The molecule has 19 heavy (non-hydrogen) atoms. The van der Waals surface area contributed by atoms with E-state index in [-0.39, 0.29) is 13.2 Å². The number of methoxy groups -OCH3 is 1. The number of nitrogens with one attached hydrogen (secondary N) is 1. The standard InChI is InChI=1S/C15H23NO3/c1-3-13(11-4-5-11)16-12-6-7-14(18-2)15(10-12)19-9-8-17/h6-7,10-11,13,16-17H,3-5,8-9H2,1-2H3. The monoisotopic (exact) mass is 265 g/mol. The van der Waals surface area contributed by atoms with Crippen molar-refractivity contribution in [2.75, 3.05) is 25.6 Å². The summed E-state index contributed by atoms with van der Waals surface area (Å²) in [6, 6.07) is 6.39. The number of benzene rings is 1. The van der Waals surface area contributed by atoms with Crippen LogP contribution in [-0.2, 0) is 0 Å². The second-order valence-corrected chi connectivity index (χ2v) is 4.93. The number of anilines is 1. The van der Waals surface area contributed by atoms with Gasteiger partial charge in [0.15, 0.2) is 11.5 Å². The molecule has 1 aromatic rings. The van der Waals surface area contributed by atoms with Crippen molar-refractivity contribution in [2.24, 2.45) is 5.92 Å². The summed E-state index contributed by atoms with van der Waals surface area (Å²) in [5.74, 6) is 2.18. The van der Waals surface area contributed by atoms with E-state index in [2.05, 4.69) is 12.2 Å². The predicted molar refractivity (Wildman–Crippen MR) is 76.0 cm³/mol. The van der Waals surface area contributed by atoms with Gasteiger partial charge in [-0.25, -0.2) is 0 Å². The summed E-state index contributed by atoms with van der Waals surface area (Å²) in [6.45, 7) is 2.49. The second-order valence-electron chi connectivity index (χ2n) is 4.93. The molecule has 1 fully saturated rings. The summed E-state index contributed by atoms with van der Waals surface area (Å²) in [5.41, 5.74) is 1.05. The zero-order valence-electron chi connectivity index (χ0n) is 11.7. The fraction of sp³-hybridized carbons (Fsp3) is 0.600. The SMILES string of the molecule is CCC(Nc1ccc(OC)c(OCCO)c1)C1CC1. The molecule has 1 aromatic carbocycles. The van der Waals surface area contributed by atoms with Crippen molar-refractivity contribution in [1.29, 1.82) is 0 Å². The minimum atomic E-state index is 0.000466. The lowest BCUT2D eigenvalue weighted by atomic mass is 10.1. The van der Waals surface area contributed by atoms with Crippen molar-refractivity contribution in [3.8, 4) is 11.5 Å². The molecule has 0 radical (unpaired) electrons. The van der Waals surface area contributed by atoms with E-state index in [9.17, 15) is 0 Å². The number of aliphatic hydroxyl groups excluding tert-OH is 1. The summed E-state index contributed by atoms with van der Waals surface area (Å²) in [5, 5.41) is 12.4. The second kappa shape index (κ2) is 6.66. The Morgan fingerprint density at radius 1 is 1.37 bits per heavy atom. The van der Waals surface area contributed by atoms with Crippen LogP contribution in [-0.4, -0.2) is 31.5 Å². The van der Waals surface area contributed by atoms with Crippen LogP contribution >= 0.6 is 0 Å². The molecule has 1 saturated carbocycles. The van der Waals surface area contributed by atoms with E-state index in [1.165, 1.54) is 12.8 Å². The van der Waals surface area contributed by atoms with Gasteiger partial charge < -0.3 is 19.9 Å². The van der Waals surface area contributed by atoms with Crippen molar-refractivity contribution in [1.82, 2.24) is 0 Å². The summed E-state index contributed by atoms with van der Waals surface area (Å²) >= 11 is 0. The Balaban J connectivity index is 2.07. The largest absolute Gasteiger partial charge is 0.493 e. The number of ether oxygens (including phenoxy) is 2. The Bertz CT molecular complexity index is 404. The van der Waals surface area contributed by atoms with Crippen molar-refractivity contribution in [3.63, 3.8) is 0 Å². The first-order chi connectivity index (χ1) is 9.28. The van der Waals surface area contributed by atoms with Crippen LogP contribution in [0.15, 0.2) is 18.2 Å². The van der Waals surface area contributed by atoms with E-state index in [1.54, 1.807) is 7.11 Å². The molecule has 1 atom stereocenters. The molecular formula is C15H23NO3. The highest BCUT2D eigenvalue weighted by Gasteiger charge is 2.29. The fourth-order valence-electron chi connectivity index (χ4n) is 2.30. The van der Waals surface area contributed by atoms with Crippen molar-refractivity contribution >= 4 is 5.69 Å². The first-order valence-corrected chi connectivity index (χ1v) is 6.96. The molecule has 0 amide bonds. The lowest BCUT2D eigenvalue weighted by molar-refractivity contribution is 0.196. The van der Waals surface area contributed by atoms with Gasteiger partial charge in [0.2, 0.25) is 0 Å². The highest BCUT2D eigenvalue weighted by Crippen LogP contribution is 2.37. The van der Waals surface area contributed by atoms with E-state index in [4.69, 9.17) is 14.6 Å². The zero-order chi connectivity index (χ0) is 13.7. The van der Waals surface area contributed by atoms with Gasteiger partial charge in [0, 0.05) is 17.8 Å². The average molecular weight is 265 g/mol. The van der Waals surface area contributed by atoms with Gasteiger partial charge in [0.25, 0.3) is 0 Å². The van der Waals surface area contributed by atoms with Crippen LogP contribution in [0.5, 0.6) is 11.5 Å². The molecule has 0 aromatic heterocycles. The Labute approximate surface area is 114 Å². The van der Waals surface area contributed by atoms with E-state index in [0.717, 1.165) is 18.0 Å². The van der Waals surface area contributed by atoms with Crippen LogP contribution in [0.25, 0.3) is 0 Å². The molecule has 0 aliphatic heterocycles. The number of hydrogen-bond acceptors (Lipinski definition) is 4. The molecule has 2 rings (SSSR count). The molecule has 4 heteroatoms. The van der Waals surface area contributed by atoms with Crippen LogP contribution in [0.2, 0.25) is 0 Å². The molecule has 106 valence electrons. The smallest absolute Gasteiger partial charge is 0.163 e. The van der Waals surface area contributed by atoms with Crippen molar-refractivity contribution in [3.05, 3.63) is 18.2 Å². The number of rotatable bonds is 8. The molecule has 4 nitrogen and oxygen atoms in total. The predicted octanol–water partition coefficient (Wildman–Crippen LogP) is 2.67. The van der Waals surface area contributed by atoms with Crippen LogP contribution in [0.3, 0.4) is 0 Å². The fourth-order valence-corrected chi connectivity index (χ4v) is 2.30. The topological polar surface area (TPSA) is 50.7 Å². The van der Waals surface area contributed by atoms with E-state index in [0.29, 0.717) is 17.5 Å². The summed E-state index contributed by atoms with van der Waals surface area (Å²) in [6.07, 6.45) is 3.79. The lowest BCUT2D eigenvalue weighted by Gasteiger charge is -2.19. The van der Waals surface area contributed by atoms with Gasteiger partial charge in [-0.2, -0.15) is 0 Å². The number of aliphatic hydroxyl groups is 1. The quantitative estimate of drug-likeness (QED) is 0.758. The molecule has 0 bridgehead atoms. The van der Waals surface area contributed by atoms with Crippen LogP contribution in [0, 0.1) is 5.92 Å². The van der Waals surface area contributed by atoms with Crippen LogP contribution < -0.4 is 14.8 Å². The molecule has 0 heterocycles. The third-order valence-electron chi connectivity index (χ3n) is 3.50. The van der Waals surface area contributed by atoms with Gasteiger partial charge in [-0.15, -0.1) is 0 Å². The van der Waals surface area contributed by atoms with Crippen molar-refractivity contribution in [2.45, 2.75) is 32.2 Å². The minimum Gasteiger partial charge on any atom is -0.493 e. The zero-order valence-corrected chi connectivity index (χ0v) is 11.7. The van der Waals surface area contributed by atoms with Crippen LogP contribution in [0.1, 0.15) is 26.2 Å². The maximum atomic E-state index is 8.84. The maximum Gasteiger partial charge on any atom is 0.163 e. The summed E-state index contributed by atoms with van der Waals surface area (Å²) in [4.78, 5) is 0. The minimum absolute atomic E-state index is 0.000466. The Morgan fingerprint density at radius 3 is 2.74 bits per heavy atom. The van der Waals surface area contributed by atoms with Gasteiger partial charge in [0.1, 0.15) is 6.61 Å². The lowest BCUT2D eigenvalue weighted by Crippen LogP contribution is -2.20. The number of hydrogen-bond donors (Lipinski definition) is 2. The molecule has 0 saturated heterocycles. The Kier molecular flexibility index (Phi) is 4.91. The molecule has 0 spiro atoms. The van der Waals surface area contributed by atoms with E-state index < -0.39 is 0 Å².